The maximum atomic E-state index is 13.4. The van der Waals surface area contributed by atoms with Crippen molar-refractivity contribution < 1.29 is 23.5 Å². The summed E-state index contributed by atoms with van der Waals surface area (Å²) in [5.41, 5.74) is 0.679. The summed E-state index contributed by atoms with van der Waals surface area (Å²) in [6, 6.07) is 10.2. The first kappa shape index (κ1) is 20.0. The molecule has 0 fully saturated rings. The number of esters is 1. The van der Waals surface area contributed by atoms with Crippen LogP contribution in [-0.2, 0) is 14.3 Å². The highest BCUT2D eigenvalue weighted by Crippen LogP contribution is 2.26. The third-order valence-electron chi connectivity index (χ3n) is 3.35. The van der Waals surface area contributed by atoms with E-state index < -0.39 is 36.9 Å². The Bertz CT molecular complexity index is 801. The lowest BCUT2D eigenvalue weighted by molar-refractivity contribution is -0.150. The molecule has 0 radical (unpaired) electrons. The minimum absolute atomic E-state index is 0.0695. The Balaban J connectivity index is 1.77. The minimum atomic E-state index is -0.791. The zero-order valence-electron chi connectivity index (χ0n) is 13.8. The van der Waals surface area contributed by atoms with Crippen molar-refractivity contribution in [3.05, 3.63) is 63.9 Å². The molecule has 1 atom stereocenters. The Morgan fingerprint density at radius 2 is 1.88 bits per heavy atom. The summed E-state index contributed by atoms with van der Waals surface area (Å²) < 4.78 is 23.2. The summed E-state index contributed by atoms with van der Waals surface area (Å²) in [7, 11) is 0. The molecule has 0 heterocycles. The smallest absolute Gasteiger partial charge is 0.344 e. The number of rotatable bonds is 7. The van der Waals surface area contributed by atoms with Gasteiger partial charge in [0.05, 0.1) is 6.04 Å². The van der Waals surface area contributed by atoms with Gasteiger partial charge in [-0.3, -0.25) is 4.79 Å². The summed E-state index contributed by atoms with van der Waals surface area (Å²) in [6.45, 7) is 0.734. The predicted molar refractivity (Wildman–Crippen MR) is 95.9 cm³/mol. The Hall–Kier alpha value is -2.31. The van der Waals surface area contributed by atoms with E-state index in [2.05, 4.69) is 5.32 Å². The van der Waals surface area contributed by atoms with E-state index in [1.165, 1.54) is 18.2 Å². The topological polar surface area (TPSA) is 64.6 Å². The van der Waals surface area contributed by atoms with E-state index in [4.69, 9.17) is 32.7 Å². The molecule has 0 spiro atoms. The van der Waals surface area contributed by atoms with E-state index in [9.17, 15) is 14.0 Å². The molecule has 0 unspecified atom stereocenters. The van der Waals surface area contributed by atoms with Crippen molar-refractivity contribution in [2.75, 3.05) is 13.2 Å². The molecule has 0 aromatic heterocycles. The molecule has 1 amide bonds. The molecular weight excluding hydrogens is 384 g/mol. The molecule has 0 aliphatic carbocycles. The van der Waals surface area contributed by atoms with Crippen LogP contribution in [0.1, 0.15) is 18.5 Å². The van der Waals surface area contributed by atoms with Crippen LogP contribution in [0.4, 0.5) is 4.39 Å². The quantitative estimate of drug-likeness (QED) is 0.716. The van der Waals surface area contributed by atoms with Gasteiger partial charge in [0, 0.05) is 10.0 Å². The molecule has 5 nitrogen and oxygen atoms in total. The van der Waals surface area contributed by atoms with E-state index >= 15 is 0 Å². The largest absolute Gasteiger partial charge is 0.479 e. The molecule has 1 N–H and O–H groups in total. The van der Waals surface area contributed by atoms with Crippen LogP contribution in [0.5, 0.6) is 5.75 Å². The number of nitrogens with one attached hydrogen (secondary N) is 1. The predicted octanol–water partition coefficient (Wildman–Crippen LogP) is 3.93. The van der Waals surface area contributed by atoms with Crippen molar-refractivity contribution in [1.82, 2.24) is 5.32 Å². The number of para-hydroxylation sites is 1. The van der Waals surface area contributed by atoms with Crippen molar-refractivity contribution in [2.45, 2.75) is 13.0 Å². The monoisotopic (exact) mass is 399 g/mol. The Morgan fingerprint density at radius 1 is 1.15 bits per heavy atom. The lowest BCUT2D eigenvalue weighted by Gasteiger charge is -2.16. The summed E-state index contributed by atoms with van der Waals surface area (Å²) in [5, 5.41) is 3.55. The number of hydrogen-bond donors (Lipinski definition) is 1. The van der Waals surface area contributed by atoms with E-state index in [0.717, 1.165) is 0 Å². The Labute approximate surface area is 160 Å². The van der Waals surface area contributed by atoms with Gasteiger partial charge in [-0.1, -0.05) is 41.4 Å². The second-order valence-corrected chi connectivity index (χ2v) is 6.18. The van der Waals surface area contributed by atoms with Gasteiger partial charge in [-0.15, -0.1) is 0 Å². The van der Waals surface area contributed by atoms with E-state index in [0.29, 0.717) is 15.6 Å². The number of hydrogen-bond acceptors (Lipinski definition) is 4. The Kier molecular flexibility index (Phi) is 7.24. The molecule has 8 heteroatoms. The molecule has 2 aromatic rings. The van der Waals surface area contributed by atoms with Gasteiger partial charge in [0.15, 0.2) is 24.8 Å². The number of carbonyl (C=O) groups is 2. The lowest BCUT2D eigenvalue weighted by Crippen LogP contribution is -2.32. The average molecular weight is 400 g/mol. The molecule has 2 rings (SSSR count). The van der Waals surface area contributed by atoms with Crippen LogP contribution in [0.25, 0.3) is 0 Å². The fourth-order valence-electron chi connectivity index (χ4n) is 2.10. The molecule has 138 valence electrons. The average Bonchev–Trinajstić information content (AvgIpc) is 2.59. The number of carbonyl (C=O) groups excluding carboxylic acids is 2. The lowest BCUT2D eigenvalue weighted by atomic mass is 10.1. The van der Waals surface area contributed by atoms with Gasteiger partial charge >= 0.3 is 5.97 Å². The van der Waals surface area contributed by atoms with Gasteiger partial charge < -0.3 is 14.8 Å². The van der Waals surface area contributed by atoms with Gasteiger partial charge in [0.2, 0.25) is 0 Å². The number of benzene rings is 2. The zero-order valence-corrected chi connectivity index (χ0v) is 15.3. The molecule has 26 heavy (non-hydrogen) atoms. The molecule has 0 aliphatic heterocycles. The van der Waals surface area contributed by atoms with Crippen molar-refractivity contribution in [1.29, 1.82) is 0 Å². The summed E-state index contributed by atoms with van der Waals surface area (Å²) in [6.07, 6.45) is 0. The first-order chi connectivity index (χ1) is 12.4. The molecule has 0 saturated carbocycles. The molecule has 0 saturated heterocycles. The van der Waals surface area contributed by atoms with Crippen LogP contribution in [0.2, 0.25) is 10.0 Å². The maximum Gasteiger partial charge on any atom is 0.344 e. The van der Waals surface area contributed by atoms with E-state index in [1.807, 2.05) is 0 Å². The van der Waals surface area contributed by atoms with Crippen LogP contribution in [0, 0.1) is 5.82 Å². The maximum absolute atomic E-state index is 13.4. The first-order valence-electron chi connectivity index (χ1n) is 7.64. The normalized spacial score (nSPS) is 11.5. The third kappa shape index (κ3) is 5.89. The molecule has 0 bridgehead atoms. The second kappa shape index (κ2) is 9.40. The summed E-state index contributed by atoms with van der Waals surface area (Å²) in [5.74, 6) is -1.96. The number of halogens is 3. The SMILES string of the molecule is C[C@@H](NC(=O)COC(=O)COc1ccccc1F)c1ccc(Cl)cc1Cl. The standard InChI is InChI=1S/C18H16Cl2FNO4/c1-11(13-7-6-12(19)8-14(13)20)22-17(23)9-26-18(24)10-25-16-5-3-2-4-15(16)21/h2-8,11H,9-10H2,1H3,(H,22,23)/t11-/m1/s1. The van der Waals surface area contributed by atoms with Gasteiger partial charge in [-0.25, -0.2) is 9.18 Å². The fraction of sp³-hybridized carbons (Fsp3) is 0.222. The van der Waals surface area contributed by atoms with E-state index in [-0.39, 0.29) is 5.75 Å². The third-order valence-corrected chi connectivity index (χ3v) is 3.92. The summed E-state index contributed by atoms with van der Waals surface area (Å²) >= 11 is 11.9. The van der Waals surface area contributed by atoms with Crippen molar-refractivity contribution in [2.24, 2.45) is 0 Å². The van der Waals surface area contributed by atoms with Crippen molar-refractivity contribution in [3.63, 3.8) is 0 Å². The van der Waals surface area contributed by atoms with E-state index in [1.54, 1.807) is 31.2 Å². The Morgan fingerprint density at radius 3 is 2.58 bits per heavy atom. The zero-order chi connectivity index (χ0) is 19.1. The van der Waals surface area contributed by atoms with Crippen LogP contribution < -0.4 is 10.1 Å². The highest BCUT2D eigenvalue weighted by molar-refractivity contribution is 6.35. The molecule has 2 aromatic carbocycles. The number of amides is 1. The van der Waals surface area contributed by atoms with Gasteiger partial charge in [-0.05, 0) is 36.8 Å². The van der Waals surface area contributed by atoms with Gasteiger partial charge in [0.1, 0.15) is 0 Å². The number of ether oxygens (including phenoxy) is 2. The van der Waals surface area contributed by atoms with Crippen molar-refractivity contribution >= 4 is 35.1 Å². The molecule has 0 aliphatic rings. The second-order valence-electron chi connectivity index (χ2n) is 5.33. The van der Waals surface area contributed by atoms with Gasteiger partial charge in [-0.2, -0.15) is 0 Å². The van der Waals surface area contributed by atoms with Crippen molar-refractivity contribution in [3.8, 4) is 5.75 Å². The van der Waals surface area contributed by atoms with Crippen LogP contribution in [0.15, 0.2) is 42.5 Å². The van der Waals surface area contributed by atoms with Crippen LogP contribution >= 0.6 is 23.2 Å². The highest BCUT2D eigenvalue weighted by atomic mass is 35.5. The van der Waals surface area contributed by atoms with Gasteiger partial charge in [0.25, 0.3) is 5.91 Å². The van der Waals surface area contributed by atoms with Crippen LogP contribution in [0.3, 0.4) is 0 Å². The summed E-state index contributed by atoms with van der Waals surface area (Å²) in [4.78, 5) is 23.5. The minimum Gasteiger partial charge on any atom is -0.479 e. The molecular formula is C18H16Cl2FNO4. The highest BCUT2D eigenvalue weighted by Gasteiger charge is 2.15. The first-order valence-corrected chi connectivity index (χ1v) is 8.39. The fourth-order valence-corrected chi connectivity index (χ4v) is 2.67. The van der Waals surface area contributed by atoms with Crippen LogP contribution in [-0.4, -0.2) is 25.1 Å².